The first-order valence-corrected chi connectivity index (χ1v) is 11.0. The third-order valence-electron chi connectivity index (χ3n) is 5.95. The zero-order chi connectivity index (χ0) is 21.8. The first-order valence-electron chi connectivity index (χ1n) is 11.0. The Morgan fingerprint density at radius 1 is 1.30 bits per heavy atom. The lowest BCUT2D eigenvalue weighted by Gasteiger charge is -2.20. The molecule has 1 unspecified atom stereocenters. The highest BCUT2D eigenvalue weighted by molar-refractivity contribution is 5.93. The monoisotopic (exact) mass is 417 g/mol. The predicted octanol–water partition coefficient (Wildman–Crippen LogP) is 4.49. The molecule has 0 saturated heterocycles. The van der Waals surface area contributed by atoms with Crippen LogP contribution < -0.4 is 10.7 Å². The number of nitrogens with zero attached hydrogens (tertiary/aromatic N) is 2. The van der Waals surface area contributed by atoms with E-state index in [0.717, 1.165) is 51.7 Å². The highest BCUT2D eigenvalue weighted by atomic mass is 19.1. The number of aromatic carboxylic acids is 1. The van der Waals surface area contributed by atoms with Gasteiger partial charge >= 0.3 is 5.97 Å². The Balaban J connectivity index is 1.77. The van der Waals surface area contributed by atoms with Crippen LogP contribution in [0.1, 0.15) is 69.3 Å². The van der Waals surface area contributed by atoms with E-state index >= 15 is 0 Å². The van der Waals surface area contributed by atoms with Crippen LogP contribution in [-0.2, 0) is 0 Å². The van der Waals surface area contributed by atoms with Crippen LogP contribution in [0.5, 0.6) is 0 Å². The molecule has 6 nitrogen and oxygen atoms in total. The average Bonchev–Trinajstić information content (AvgIpc) is 3.54. The minimum absolute atomic E-state index is 0.0908. The normalized spacial score (nSPS) is 15.0. The predicted molar refractivity (Wildman–Crippen MR) is 118 cm³/mol. The number of fused-ring (bicyclic) bond motifs is 1. The molecule has 7 heteroatoms. The van der Waals surface area contributed by atoms with Crippen molar-refractivity contribution in [2.24, 2.45) is 0 Å². The second kappa shape index (κ2) is 9.60. The first-order chi connectivity index (χ1) is 14.3. The maximum absolute atomic E-state index is 14.8. The van der Waals surface area contributed by atoms with Crippen LogP contribution in [-0.4, -0.2) is 46.2 Å². The standard InChI is InChI=1S/C23H32FN3O3/c1-4-26(5-2)11-7-6-8-15(3)25-20-13-21-17(12-19(20)24)22(28)18(23(29)30)14-27(21)16-9-10-16/h12-16,25H,4-11H2,1-3H3,(H,29,30). The van der Waals surface area contributed by atoms with E-state index in [9.17, 15) is 19.1 Å². The molecule has 3 rings (SSSR count). The van der Waals surface area contributed by atoms with Gasteiger partial charge in [-0.2, -0.15) is 0 Å². The van der Waals surface area contributed by atoms with Crippen LogP contribution in [0.3, 0.4) is 0 Å². The zero-order valence-corrected chi connectivity index (χ0v) is 18.1. The molecule has 1 atom stereocenters. The van der Waals surface area contributed by atoms with Gasteiger partial charge in [-0.15, -0.1) is 0 Å². The summed E-state index contributed by atoms with van der Waals surface area (Å²) in [7, 11) is 0. The van der Waals surface area contributed by atoms with Crippen LogP contribution in [0.2, 0.25) is 0 Å². The summed E-state index contributed by atoms with van der Waals surface area (Å²) in [6.07, 6.45) is 6.34. The van der Waals surface area contributed by atoms with Crippen molar-refractivity contribution < 1.29 is 14.3 Å². The fraction of sp³-hybridized carbons (Fsp3) is 0.565. The molecule has 1 fully saturated rings. The second-order valence-corrected chi connectivity index (χ2v) is 8.23. The van der Waals surface area contributed by atoms with Crippen LogP contribution >= 0.6 is 0 Å². The fourth-order valence-electron chi connectivity index (χ4n) is 3.95. The highest BCUT2D eigenvalue weighted by Crippen LogP contribution is 2.37. The van der Waals surface area contributed by atoms with E-state index in [4.69, 9.17) is 0 Å². The molecule has 30 heavy (non-hydrogen) atoms. The Bertz CT molecular complexity index is 964. The molecule has 0 aliphatic heterocycles. The third kappa shape index (κ3) is 5.01. The first kappa shape index (κ1) is 22.3. The number of benzene rings is 1. The Morgan fingerprint density at radius 3 is 2.60 bits per heavy atom. The molecule has 0 bridgehead atoms. The van der Waals surface area contributed by atoms with Crippen LogP contribution in [0.25, 0.3) is 10.9 Å². The van der Waals surface area contributed by atoms with Gasteiger partial charge in [0.05, 0.1) is 11.2 Å². The van der Waals surface area contributed by atoms with E-state index in [1.807, 2.05) is 11.5 Å². The molecule has 1 aliphatic rings. The number of anilines is 1. The minimum atomic E-state index is -1.28. The number of pyridine rings is 1. The number of nitrogens with one attached hydrogen (secondary N) is 1. The maximum Gasteiger partial charge on any atom is 0.341 e. The smallest absolute Gasteiger partial charge is 0.341 e. The van der Waals surface area contributed by atoms with Gasteiger partial charge in [0.1, 0.15) is 11.4 Å². The molecule has 1 aliphatic carbocycles. The van der Waals surface area contributed by atoms with Crippen LogP contribution in [0.4, 0.5) is 10.1 Å². The van der Waals surface area contributed by atoms with E-state index in [1.54, 1.807) is 6.07 Å². The molecular weight excluding hydrogens is 385 g/mol. The Labute approximate surface area is 176 Å². The lowest BCUT2D eigenvalue weighted by Crippen LogP contribution is -2.24. The zero-order valence-electron chi connectivity index (χ0n) is 18.1. The summed E-state index contributed by atoms with van der Waals surface area (Å²) in [6, 6.07) is 3.09. The van der Waals surface area contributed by atoms with Gasteiger partial charge in [-0.3, -0.25) is 4.79 Å². The van der Waals surface area contributed by atoms with Gasteiger partial charge < -0.3 is 19.9 Å². The van der Waals surface area contributed by atoms with Gasteiger partial charge in [-0.05, 0) is 64.4 Å². The summed E-state index contributed by atoms with van der Waals surface area (Å²) in [5, 5.41) is 12.7. The van der Waals surface area contributed by atoms with Crippen molar-refractivity contribution in [1.29, 1.82) is 0 Å². The van der Waals surface area contributed by atoms with E-state index in [0.29, 0.717) is 11.2 Å². The van der Waals surface area contributed by atoms with E-state index < -0.39 is 17.2 Å². The summed E-state index contributed by atoms with van der Waals surface area (Å²) >= 11 is 0. The largest absolute Gasteiger partial charge is 0.477 e. The number of hydrogen-bond acceptors (Lipinski definition) is 4. The SMILES string of the molecule is CCN(CC)CCCCC(C)Nc1cc2c(cc1F)c(=O)c(C(=O)O)cn2C1CC1. The lowest BCUT2D eigenvalue weighted by molar-refractivity contribution is 0.0695. The molecule has 1 aromatic carbocycles. The van der Waals surface area contributed by atoms with Crippen molar-refractivity contribution in [3.8, 4) is 0 Å². The van der Waals surface area contributed by atoms with Gasteiger partial charge in [0.15, 0.2) is 0 Å². The number of halogens is 1. The highest BCUT2D eigenvalue weighted by Gasteiger charge is 2.27. The second-order valence-electron chi connectivity index (χ2n) is 8.23. The van der Waals surface area contributed by atoms with Gasteiger partial charge in [0, 0.05) is 23.7 Å². The fourth-order valence-corrected chi connectivity index (χ4v) is 3.95. The summed E-state index contributed by atoms with van der Waals surface area (Å²) in [4.78, 5) is 26.4. The van der Waals surface area contributed by atoms with Crippen molar-refractivity contribution >= 4 is 22.6 Å². The Morgan fingerprint density at radius 2 is 2.00 bits per heavy atom. The number of carboxylic acids is 1. The van der Waals surface area contributed by atoms with E-state index in [-0.39, 0.29) is 23.0 Å². The molecule has 2 N–H and O–H groups in total. The number of carbonyl (C=O) groups is 1. The summed E-state index contributed by atoms with van der Waals surface area (Å²) in [5.74, 6) is -1.81. The number of unbranched alkanes of at least 4 members (excludes halogenated alkanes) is 1. The molecule has 0 spiro atoms. The lowest BCUT2D eigenvalue weighted by atomic mass is 10.1. The minimum Gasteiger partial charge on any atom is -0.477 e. The number of rotatable bonds is 11. The molecule has 0 radical (unpaired) electrons. The van der Waals surface area contributed by atoms with Crippen molar-refractivity contribution in [3.05, 3.63) is 39.9 Å². The topological polar surface area (TPSA) is 74.6 Å². The van der Waals surface area contributed by atoms with Crippen molar-refractivity contribution in [2.75, 3.05) is 25.0 Å². The van der Waals surface area contributed by atoms with Gasteiger partial charge in [-0.1, -0.05) is 20.3 Å². The molecule has 0 amide bonds. The van der Waals surface area contributed by atoms with Crippen molar-refractivity contribution in [1.82, 2.24) is 9.47 Å². The molecule has 2 aromatic rings. The number of carboxylic acid groups (broad SMARTS) is 1. The summed E-state index contributed by atoms with van der Waals surface area (Å²) in [5.41, 5.74) is 0.00105. The quantitative estimate of drug-likeness (QED) is 0.527. The van der Waals surface area contributed by atoms with E-state index in [2.05, 4.69) is 24.1 Å². The molecule has 164 valence electrons. The molecule has 1 saturated carbocycles. The molecule has 1 aromatic heterocycles. The van der Waals surface area contributed by atoms with Gasteiger partial charge in [0.25, 0.3) is 0 Å². The maximum atomic E-state index is 14.8. The Hall–Kier alpha value is -2.41. The average molecular weight is 418 g/mol. The summed E-state index contributed by atoms with van der Waals surface area (Å²) in [6.45, 7) is 9.54. The number of aromatic nitrogens is 1. The van der Waals surface area contributed by atoms with E-state index in [1.165, 1.54) is 12.3 Å². The number of hydrogen-bond donors (Lipinski definition) is 2. The van der Waals surface area contributed by atoms with Gasteiger partial charge in [0.2, 0.25) is 5.43 Å². The van der Waals surface area contributed by atoms with Crippen molar-refractivity contribution in [3.63, 3.8) is 0 Å². The summed E-state index contributed by atoms with van der Waals surface area (Å²) < 4.78 is 16.6. The van der Waals surface area contributed by atoms with Crippen LogP contribution in [0.15, 0.2) is 23.1 Å². The molecular formula is C23H32FN3O3. The van der Waals surface area contributed by atoms with Gasteiger partial charge in [-0.25, -0.2) is 9.18 Å². The molecule has 1 heterocycles. The van der Waals surface area contributed by atoms with Crippen molar-refractivity contribution in [2.45, 2.75) is 65.0 Å². The third-order valence-corrected chi connectivity index (χ3v) is 5.95. The van der Waals surface area contributed by atoms with Crippen LogP contribution in [0, 0.1) is 5.82 Å². The Kier molecular flexibility index (Phi) is 7.13.